The maximum absolute atomic E-state index is 14.0. The molecule has 24 heteroatoms. The number of carbonyl (C=O) groups excluding carboxylic acids is 2. The van der Waals surface area contributed by atoms with Gasteiger partial charge >= 0.3 is 19.8 Å². The zero-order chi connectivity index (χ0) is 59.6. The monoisotopic (exact) mass is 1190 g/mol. The maximum atomic E-state index is 14.0. The minimum absolute atomic E-state index is 0.0300. The van der Waals surface area contributed by atoms with Crippen LogP contribution >= 0.6 is 7.82 Å². The highest BCUT2D eigenvalue weighted by molar-refractivity contribution is 7.47. The van der Waals surface area contributed by atoms with Crippen molar-refractivity contribution in [3.05, 3.63) is 12.2 Å². The van der Waals surface area contributed by atoms with E-state index in [9.17, 15) is 75.2 Å². The first-order valence-corrected chi connectivity index (χ1v) is 32.0. The number of aliphatic hydroxyl groups excluding tert-OH is 11. The van der Waals surface area contributed by atoms with Crippen LogP contribution in [0.3, 0.4) is 0 Å². The lowest BCUT2D eigenvalue weighted by Gasteiger charge is -2.49. The van der Waals surface area contributed by atoms with Crippen molar-refractivity contribution in [3.8, 4) is 0 Å². The Kier molecular flexibility index (Phi) is 38.2. The summed E-state index contributed by atoms with van der Waals surface area (Å²) in [7, 11) is -5.64. The molecule has 476 valence electrons. The minimum atomic E-state index is -5.64. The molecule has 16 unspecified atom stereocenters. The Morgan fingerprint density at radius 1 is 0.457 bits per heavy atom. The van der Waals surface area contributed by atoms with Gasteiger partial charge in [-0.25, -0.2) is 4.57 Å². The summed E-state index contributed by atoms with van der Waals surface area (Å²) in [5.41, 5.74) is 0. The Morgan fingerprint density at radius 2 is 0.815 bits per heavy atom. The number of hydrogen-bond donors (Lipinski definition) is 12. The van der Waals surface area contributed by atoms with E-state index in [1.54, 1.807) is 0 Å². The predicted molar refractivity (Wildman–Crippen MR) is 296 cm³/mol. The molecule has 2 aliphatic heterocycles. The fraction of sp³-hybridized carbons (Fsp3) is 0.930. The molecule has 3 aliphatic rings. The standard InChI is InChI=1S/C57H105O23P/c1-3-5-7-9-11-13-15-17-19-20-22-24-26-28-30-32-34-43(61)75-39(37-73-42(60)33-31-29-27-25-23-21-18-16-14-12-10-8-6-4-2)38-74-81(71,72)80-55-53(78-56-51(69)46(64)44(62)40(35-58)76-56)49(67)48(66)50(68)54(55)79-57-52(70)47(65)45(63)41(36-59)77-57/h21,23,39-41,44-59,62-70H,3-20,22,24-38H2,1-2H3,(H,71,72)/b23-21-. The summed E-state index contributed by atoms with van der Waals surface area (Å²) >= 11 is 0. The molecule has 0 spiro atoms. The predicted octanol–water partition coefficient (Wildman–Crippen LogP) is 4.71. The number of rotatable bonds is 45. The van der Waals surface area contributed by atoms with E-state index >= 15 is 0 Å². The minimum Gasteiger partial charge on any atom is -0.462 e. The van der Waals surface area contributed by atoms with Gasteiger partial charge in [-0.2, -0.15) is 0 Å². The van der Waals surface area contributed by atoms with Gasteiger partial charge < -0.3 is 89.5 Å². The first kappa shape index (κ1) is 73.4. The lowest BCUT2D eigenvalue weighted by molar-refractivity contribution is -0.360. The number of unbranched alkanes of at least 4 members (excludes halogenated alkanes) is 25. The van der Waals surface area contributed by atoms with Crippen LogP contribution in [0.5, 0.6) is 0 Å². The van der Waals surface area contributed by atoms with Crippen LogP contribution < -0.4 is 0 Å². The van der Waals surface area contributed by atoms with Crippen molar-refractivity contribution >= 4 is 19.8 Å². The van der Waals surface area contributed by atoms with E-state index in [1.807, 2.05) is 0 Å². The normalized spacial score (nSPS) is 31.0. The average molecular weight is 1190 g/mol. The maximum Gasteiger partial charge on any atom is 0.472 e. The topological polar surface area (TPSA) is 368 Å². The quantitative estimate of drug-likeness (QED) is 0.0170. The summed E-state index contributed by atoms with van der Waals surface area (Å²) in [4.78, 5) is 37.5. The Labute approximate surface area is 480 Å². The first-order valence-electron chi connectivity index (χ1n) is 30.5. The molecule has 0 aromatic carbocycles. The van der Waals surface area contributed by atoms with Crippen LogP contribution in [0, 0.1) is 0 Å². The van der Waals surface area contributed by atoms with Gasteiger partial charge in [-0.15, -0.1) is 0 Å². The molecule has 0 radical (unpaired) electrons. The van der Waals surface area contributed by atoms with Crippen LogP contribution in [-0.2, 0) is 51.6 Å². The second-order valence-electron chi connectivity index (χ2n) is 22.2. The van der Waals surface area contributed by atoms with Crippen molar-refractivity contribution in [1.29, 1.82) is 0 Å². The van der Waals surface area contributed by atoms with Crippen molar-refractivity contribution < 1.29 is 113 Å². The molecule has 0 aromatic heterocycles. The molecule has 81 heavy (non-hydrogen) atoms. The van der Waals surface area contributed by atoms with Gasteiger partial charge in [-0.1, -0.05) is 167 Å². The van der Waals surface area contributed by atoms with Gasteiger partial charge in [0.1, 0.15) is 92.1 Å². The van der Waals surface area contributed by atoms with Gasteiger partial charge in [-0.05, 0) is 38.5 Å². The zero-order valence-electron chi connectivity index (χ0n) is 48.3. The van der Waals surface area contributed by atoms with Crippen molar-refractivity contribution in [2.24, 2.45) is 0 Å². The van der Waals surface area contributed by atoms with E-state index in [2.05, 4.69) is 26.0 Å². The number of carbonyl (C=O) groups is 2. The highest BCUT2D eigenvalue weighted by Crippen LogP contribution is 2.49. The molecule has 1 aliphatic carbocycles. The van der Waals surface area contributed by atoms with E-state index < -0.39 is 150 Å². The van der Waals surface area contributed by atoms with Crippen LogP contribution in [0.15, 0.2) is 12.2 Å². The second kappa shape index (κ2) is 42.1. The number of allylic oxidation sites excluding steroid dienone is 2. The van der Waals surface area contributed by atoms with Crippen LogP contribution in [0.1, 0.15) is 206 Å². The molecule has 12 N–H and O–H groups in total. The summed E-state index contributed by atoms with van der Waals surface area (Å²) in [6.07, 6.45) is 0.441. The molecule has 0 aromatic rings. The van der Waals surface area contributed by atoms with Crippen molar-refractivity contribution in [3.63, 3.8) is 0 Å². The molecule has 0 bridgehead atoms. The Hall–Kier alpha value is -1.81. The molecule has 3 fully saturated rings. The molecule has 23 nitrogen and oxygen atoms in total. The molecule has 0 amide bonds. The number of ether oxygens (including phenoxy) is 6. The van der Waals surface area contributed by atoms with Gasteiger partial charge in [0.25, 0.3) is 0 Å². The molecular formula is C57H105O23P. The molecule has 16 atom stereocenters. The van der Waals surface area contributed by atoms with E-state index in [0.29, 0.717) is 12.8 Å². The second-order valence-corrected chi connectivity index (χ2v) is 23.6. The third-order valence-electron chi connectivity index (χ3n) is 15.3. The Morgan fingerprint density at radius 3 is 1.22 bits per heavy atom. The van der Waals surface area contributed by atoms with Crippen molar-refractivity contribution in [2.75, 3.05) is 26.4 Å². The summed E-state index contributed by atoms with van der Waals surface area (Å²) < 4.78 is 58.2. The first-order chi connectivity index (χ1) is 38.9. The van der Waals surface area contributed by atoms with Crippen LogP contribution in [0.2, 0.25) is 0 Å². The zero-order valence-corrected chi connectivity index (χ0v) is 49.2. The average Bonchev–Trinajstić information content (AvgIpc) is 3.48. The summed E-state index contributed by atoms with van der Waals surface area (Å²) in [5, 5.41) is 117. The van der Waals surface area contributed by atoms with Gasteiger partial charge in [0.15, 0.2) is 18.7 Å². The highest BCUT2D eigenvalue weighted by Gasteiger charge is 2.58. The van der Waals surface area contributed by atoms with Gasteiger partial charge in [0.05, 0.1) is 19.8 Å². The van der Waals surface area contributed by atoms with Crippen LogP contribution in [0.25, 0.3) is 0 Å². The van der Waals surface area contributed by atoms with E-state index in [4.69, 9.17) is 37.5 Å². The van der Waals surface area contributed by atoms with Gasteiger partial charge in [0.2, 0.25) is 0 Å². The van der Waals surface area contributed by atoms with E-state index in [0.717, 1.165) is 64.2 Å². The van der Waals surface area contributed by atoms with Crippen LogP contribution in [0.4, 0.5) is 0 Å². The lowest BCUT2D eigenvalue weighted by atomic mass is 9.84. The fourth-order valence-corrected chi connectivity index (χ4v) is 11.2. The SMILES string of the molecule is CCCCCCCCC/C=C\CCCCCC(=O)OCC(COP(=O)(O)OC1C(OC2OC(CO)C(O)C(O)C2O)C(O)C(O)C(O)C1OC1OC(CO)C(O)C(O)C1O)OC(=O)CCCCCCCCCCCCCCCCCC. The molecule has 1 saturated carbocycles. The Bertz CT molecular complexity index is 1660. The van der Waals surface area contributed by atoms with Gasteiger partial charge in [0, 0.05) is 12.8 Å². The van der Waals surface area contributed by atoms with Gasteiger partial charge in [-0.3, -0.25) is 18.6 Å². The van der Waals surface area contributed by atoms with Crippen LogP contribution in [-0.4, -0.2) is 204 Å². The summed E-state index contributed by atoms with van der Waals surface area (Å²) in [6, 6.07) is 0. The number of hydrogen-bond acceptors (Lipinski definition) is 22. The third-order valence-corrected chi connectivity index (χ3v) is 16.3. The highest BCUT2D eigenvalue weighted by atomic mass is 31.2. The number of aliphatic hydroxyl groups is 11. The number of phosphoric acid groups is 1. The van der Waals surface area contributed by atoms with Crippen molar-refractivity contribution in [1.82, 2.24) is 0 Å². The summed E-state index contributed by atoms with van der Waals surface area (Å²) in [5.74, 6) is -1.34. The fourth-order valence-electron chi connectivity index (χ4n) is 10.2. The van der Waals surface area contributed by atoms with E-state index in [1.165, 1.54) is 103 Å². The third kappa shape index (κ3) is 27.6. The Balaban J connectivity index is 1.69. The molecule has 2 heterocycles. The number of phosphoric ester groups is 1. The van der Waals surface area contributed by atoms with Crippen molar-refractivity contribution in [2.45, 2.75) is 311 Å². The molecular weight excluding hydrogens is 1080 g/mol. The molecule has 2 saturated heterocycles. The largest absolute Gasteiger partial charge is 0.472 e. The summed E-state index contributed by atoms with van der Waals surface area (Å²) in [6.45, 7) is 1.01. The smallest absolute Gasteiger partial charge is 0.462 e. The number of esters is 2. The van der Waals surface area contributed by atoms with E-state index in [-0.39, 0.29) is 12.8 Å². The lowest BCUT2D eigenvalue weighted by Crippen LogP contribution is -2.69. The molecule has 3 rings (SSSR count).